The first-order chi connectivity index (χ1) is 11.3. The Bertz CT molecular complexity index is 768. The van der Waals surface area contributed by atoms with Crippen LogP contribution in [0.15, 0.2) is 72.8 Å². The number of benzene rings is 2. The summed E-state index contributed by atoms with van der Waals surface area (Å²) in [6.07, 6.45) is 0. The highest BCUT2D eigenvalue weighted by Gasteiger charge is 2.18. The number of rotatable bonds is 2. The van der Waals surface area contributed by atoms with Crippen molar-refractivity contribution in [1.82, 2.24) is 0 Å². The van der Waals surface area contributed by atoms with Gasteiger partial charge in [-0.2, -0.15) is 0 Å². The Hall–Kier alpha value is -1.86. The van der Waals surface area contributed by atoms with E-state index >= 15 is 0 Å². The predicted molar refractivity (Wildman–Crippen MR) is 84.3 cm³/mol. The monoisotopic (exact) mass is 362 g/mol. The molecule has 124 valence electrons. The molecule has 0 aliphatic carbocycles. The van der Waals surface area contributed by atoms with E-state index in [-0.39, 0.29) is 0 Å². The summed E-state index contributed by atoms with van der Waals surface area (Å²) in [4.78, 5) is 2.67. The second-order valence-electron chi connectivity index (χ2n) is 4.90. The van der Waals surface area contributed by atoms with Gasteiger partial charge in [0.25, 0.3) is 0 Å². The summed E-state index contributed by atoms with van der Waals surface area (Å²) >= 11 is 1.85. The molecule has 0 fully saturated rings. The fourth-order valence-electron chi connectivity index (χ4n) is 2.18. The Morgan fingerprint density at radius 3 is 1.62 bits per heavy atom. The molecule has 0 N–H and O–H groups in total. The van der Waals surface area contributed by atoms with Gasteiger partial charge in [0, 0.05) is 18.1 Å². The molecule has 0 bridgehead atoms. The second kappa shape index (κ2) is 8.30. The van der Waals surface area contributed by atoms with Crippen molar-refractivity contribution in [1.29, 1.82) is 0 Å². The normalized spacial score (nSPS) is 10.7. The average Bonchev–Trinajstić information content (AvgIpc) is 2.55. The van der Waals surface area contributed by atoms with E-state index in [0.717, 1.165) is 0 Å². The fraction of sp³-hybridized carbons (Fsp3) is 0.0556. The van der Waals surface area contributed by atoms with Gasteiger partial charge in [0.2, 0.25) is 21.1 Å². The van der Waals surface area contributed by atoms with Crippen LogP contribution in [0, 0.1) is 17.2 Å². The quantitative estimate of drug-likeness (QED) is 0.633. The van der Waals surface area contributed by atoms with Crippen LogP contribution in [-0.2, 0) is 0 Å². The maximum atomic E-state index is 8.49. The summed E-state index contributed by atoms with van der Waals surface area (Å²) in [5.74, 6) is 0. The Balaban J connectivity index is 0.000000368. The number of aryl methyl sites for hydroxylation is 1. The molecule has 24 heavy (non-hydrogen) atoms. The zero-order valence-electron chi connectivity index (χ0n) is 12.8. The summed E-state index contributed by atoms with van der Waals surface area (Å²) in [6, 6.07) is 25.6. The van der Waals surface area contributed by atoms with Gasteiger partial charge in [0.15, 0.2) is 0 Å². The lowest BCUT2D eigenvalue weighted by Gasteiger charge is -2.17. The molecule has 0 saturated heterocycles. The van der Waals surface area contributed by atoms with E-state index in [1.165, 1.54) is 26.4 Å². The molecule has 2 aromatic carbocycles. The van der Waals surface area contributed by atoms with Crippen LogP contribution in [0.3, 0.4) is 0 Å². The lowest BCUT2D eigenvalue weighted by atomic mass is 10.0. The second-order valence-corrected chi connectivity index (χ2v) is 6.91. The van der Waals surface area contributed by atoms with Crippen LogP contribution in [0.4, 0.5) is 0 Å². The number of halogens is 1. The van der Waals surface area contributed by atoms with Gasteiger partial charge >= 0.3 is 0 Å². The van der Waals surface area contributed by atoms with Crippen molar-refractivity contribution in [3.05, 3.63) is 77.7 Å². The maximum absolute atomic E-state index is 8.49. The largest absolute Gasteiger partial charge is 0.246 e. The van der Waals surface area contributed by atoms with Gasteiger partial charge in [-0.25, -0.2) is 18.6 Å². The molecule has 0 atom stereocenters. The molecule has 0 aliphatic heterocycles. The van der Waals surface area contributed by atoms with E-state index in [2.05, 4.69) is 79.7 Å². The predicted octanol–water partition coefficient (Wildman–Crippen LogP) is 0.916. The molecule has 0 aliphatic rings. The Morgan fingerprint density at radius 1 is 0.667 bits per heavy atom. The van der Waals surface area contributed by atoms with E-state index in [0.29, 0.717) is 0 Å². The zero-order valence-corrected chi connectivity index (χ0v) is 14.4. The molecule has 1 heterocycles. The standard InChI is InChI=1S/C18H15S.ClHO4/c1-14-12-13-17(15-8-4-2-5-9-15)18(19-14)16-10-6-3-7-11-16;2-1(3,4)5/h2-13H,1H3;(H,2,3,4,5)/q+1;/p-1. The number of hydrogen-bond donors (Lipinski definition) is 0. The fourth-order valence-corrected chi connectivity index (χ4v) is 3.18. The molecule has 4 nitrogen and oxygen atoms in total. The van der Waals surface area contributed by atoms with Gasteiger partial charge in [0.05, 0.1) is 0 Å². The highest BCUT2D eigenvalue weighted by Crippen LogP contribution is 2.36. The van der Waals surface area contributed by atoms with E-state index < -0.39 is 10.2 Å². The van der Waals surface area contributed by atoms with E-state index in [1.807, 2.05) is 11.3 Å². The van der Waals surface area contributed by atoms with Crippen molar-refractivity contribution in [2.24, 2.45) is 0 Å². The van der Waals surface area contributed by atoms with Crippen molar-refractivity contribution in [3.8, 4) is 21.6 Å². The highest BCUT2D eigenvalue weighted by molar-refractivity contribution is 7.15. The molecule has 0 amide bonds. The molecule has 1 aromatic heterocycles. The average molecular weight is 363 g/mol. The zero-order chi connectivity index (χ0) is 17.6. The van der Waals surface area contributed by atoms with Crippen LogP contribution < -0.4 is 18.6 Å². The van der Waals surface area contributed by atoms with Crippen LogP contribution in [0.5, 0.6) is 0 Å². The third-order valence-electron chi connectivity index (χ3n) is 3.11. The molecule has 6 heteroatoms. The van der Waals surface area contributed by atoms with Gasteiger partial charge < -0.3 is 0 Å². The van der Waals surface area contributed by atoms with Crippen LogP contribution >= 0.6 is 11.3 Å². The molecule has 3 aromatic rings. The molecule has 3 rings (SSSR count). The van der Waals surface area contributed by atoms with Crippen molar-refractivity contribution in [3.63, 3.8) is 0 Å². The summed E-state index contributed by atoms with van der Waals surface area (Å²) in [7, 11) is -4.94. The first-order valence-corrected chi connectivity index (χ1v) is 9.06. The number of hydrogen-bond acceptors (Lipinski definition) is 4. The summed E-state index contributed by atoms with van der Waals surface area (Å²) < 4.78 is 34.0. The Morgan fingerprint density at radius 2 is 1.12 bits per heavy atom. The third kappa shape index (κ3) is 5.98. The van der Waals surface area contributed by atoms with Gasteiger partial charge in [-0.05, 0) is 29.8 Å². The molecule has 0 unspecified atom stereocenters. The lowest BCUT2D eigenvalue weighted by Crippen LogP contribution is -2.68. The minimum atomic E-state index is -4.94. The minimum absolute atomic E-state index is 1.28. The third-order valence-corrected chi connectivity index (χ3v) is 4.23. The van der Waals surface area contributed by atoms with E-state index in [1.54, 1.807) is 0 Å². The van der Waals surface area contributed by atoms with Crippen LogP contribution in [-0.4, -0.2) is 0 Å². The topological polar surface area (TPSA) is 92.2 Å². The summed E-state index contributed by atoms with van der Waals surface area (Å²) in [5.41, 5.74) is 3.87. The van der Waals surface area contributed by atoms with Gasteiger partial charge in [-0.1, -0.05) is 48.5 Å². The summed E-state index contributed by atoms with van der Waals surface area (Å²) in [5, 5.41) is 0. The van der Waals surface area contributed by atoms with Crippen molar-refractivity contribution < 1.29 is 28.9 Å². The van der Waals surface area contributed by atoms with Gasteiger partial charge in [0.1, 0.15) is 0 Å². The van der Waals surface area contributed by atoms with Crippen molar-refractivity contribution >= 4 is 11.3 Å². The molecule has 0 spiro atoms. The molecular formula is C18H15ClO4S. The van der Waals surface area contributed by atoms with Crippen LogP contribution in [0.25, 0.3) is 21.6 Å². The van der Waals surface area contributed by atoms with Gasteiger partial charge in [-0.15, -0.1) is 10.2 Å². The van der Waals surface area contributed by atoms with Crippen LogP contribution in [0.1, 0.15) is 4.88 Å². The van der Waals surface area contributed by atoms with Crippen molar-refractivity contribution in [2.75, 3.05) is 0 Å². The SMILES string of the molecule is Cc1ccc(-c2ccccc2)c(-c2ccccc2)[s+]1.[O-][Cl+3]([O-])([O-])[O-]. The maximum Gasteiger partial charge on any atom is 0.246 e. The first-order valence-electron chi connectivity index (χ1n) is 7.01. The first kappa shape index (κ1) is 18.5. The molecular weight excluding hydrogens is 348 g/mol. The molecule has 0 radical (unpaired) electrons. The summed E-state index contributed by atoms with van der Waals surface area (Å²) in [6.45, 7) is 2.16. The molecule has 0 saturated carbocycles. The smallest absolute Gasteiger partial charge is 0.222 e. The van der Waals surface area contributed by atoms with E-state index in [4.69, 9.17) is 18.6 Å². The Labute approximate surface area is 146 Å². The Kier molecular flexibility index (Phi) is 6.39. The lowest BCUT2D eigenvalue weighted by molar-refractivity contribution is -2.00. The van der Waals surface area contributed by atoms with Crippen molar-refractivity contribution in [2.45, 2.75) is 6.92 Å². The minimum Gasteiger partial charge on any atom is -0.222 e. The van der Waals surface area contributed by atoms with Gasteiger partial charge in [-0.3, -0.25) is 0 Å². The van der Waals surface area contributed by atoms with E-state index in [9.17, 15) is 0 Å². The van der Waals surface area contributed by atoms with Crippen LogP contribution in [0.2, 0.25) is 0 Å². The highest BCUT2D eigenvalue weighted by atomic mass is 35.7.